The van der Waals surface area contributed by atoms with Crippen LogP contribution in [0.3, 0.4) is 0 Å². The molecule has 0 radical (unpaired) electrons. The van der Waals surface area contributed by atoms with E-state index in [4.69, 9.17) is 0 Å². The molecule has 0 bridgehead atoms. The van der Waals surface area contributed by atoms with Crippen molar-refractivity contribution in [1.29, 1.82) is 0 Å². The summed E-state index contributed by atoms with van der Waals surface area (Å²) in [5, 5.41) is 3.78. The number of carbonyl (C=O) groups excluding carboxylic acids is 1. The average molecular weight is 242 g/mol. The summed E-state index contributed by atoms with van der Waals surface area (Å²) in [6.07, 6.45) is 2.40. The van der Waals surface area contributed by atoms with Gasteiger partial charge in [0.25, 0.3) is 5.91 Å². The second kappa shape index (κ2) is 4.29. The smallest absolute Gasteiger partial charge is 0.253 e. The fraction of sp³-hybridized carbons (Fsp3) is 0.286. The Kier molecular flexibility index (Phi) is 2.63. The number of para-hydroxylation sites is 1. The SMILES string of the molecule is O=C(NCC1CC1)c1cccc2ccc(=O)[nH]c12. The molecule has 1 aliphatic carbocycles. The van der Waals surface area contributed by atoms with Crippen LogP contribution in [-0.4, -0.2) is 17.4 Å². The molecular formula is C14H14N2O2. The van der Waals surface area contributed by atoms with Crippen LogP contribution in [0, 0.1) is 5.92 Å². The van der Waals surface area contributed by atoms with Crippen LogP contribution in [0.5, 0.6) is 0 Å². The molecule has 1 aliphatic rings. The van der Waals surface area contributed by atoms with E-state index in [0.29, 0.717) is 17.0 Å². The van der Waals surface area contributed by atoms with Crippen molar-refractivity contribution in [3.8, 4) is 0 Å². The molecule has 3 rings (SSSR count). The second-order valence-electron chi connectivity index (χ2n) is 4.75. The number of fused-ring (bicyclic) bond motifs is 1. The zero-order valence-electron chi connectivity index (χ0n) is 9.90. The van der Waals surface area contributed by atoms with Crippen LogP contribution in [0.1, 0.15) is 23.2 Å². The van der Waals surface area contributed by atoms with Gasteiger partial charge in [0.05, 0.1) is 11.1 Å². The standard InChI is InChI=1S/C14H14N2O2/c17-12-7-6-10-2-1-3-11(13(10)16-12)14(18)15-8-9-4-5-9/h1-3,6-7,9H,4-5,8H2,(H,15,18)(H,16,17). The zero-order chi connectivity index (χ0) is 12.5. The highest BCUT2D eigenvalue weighted by molar-refractivity contribution is 6.05. The Hall–Kier alpha value is -2.10. The van der Waals surface area contributed by atoms with Crippen molar-refractivity contribution in [3.05, 3.63) is 46.2 Å². The van der Waals surface area contributed by atoms with Crippen LogP contribution in [-0.2, 0) is 0 Å². The molecule has 1 aromatic carbocycles. The molecule has 92 valence electrons. The minimum absolute atomic E-state index is 0.116. The lowest BCUT2D eigenvalue weighted by Crippen LogP contribution is -2.26. The van der Waals surface area contributed by atoms with Gasteiger partial charge in [-0.05, 0) is 36.3 Å². The van der Waals surface area contributed by atoms with Gasteiger partial charge in [0.15, 0.2) is 0 Å². The van der Waals surface area contributed by atoms with Crippen LogP contribution in [0.15, 0.2) is 35.1 Å². The van der Waals surface area contributed by atoms with Gasteiger partial charge in [0.1, 0.15) is 0 Å². The quantitative estimate of drug-likeness (QED) is 0.860. The molecule has 0 aliphatic heterocycles. The molecule has 2 aromatic rings. The monoisotopic (exact) mass is 242 g/mol. The predicted molar refractivity (Wildman–Crippen MR) is 69.6 cm³/mol. The summed E-state index contributed by atoms with van der Waals surface area (Å²) < 4.78 is 0. The molecule has 0 spiro atoms. The number of nitrogens with one attached hydrogen (secondary N) is 2. The highest BCUT2D eigenvalue weighted by Gasteiger charge is 2.22. The van der Waals surface area contributed by atoms with E-state index in [1.54, 1.807) is 12.1 Å². The molecule has 1 fully saturated rings. The van der Waals surface area contributed by atoms with E-state index < -0.39 is 0 Å². The Bertz CT molecular complexity index is 656. The molecular weight excluding hydrogens is 228 g/mol. The third-order valence-electron chi connectivity index (χ3n) is 3.25. The lowest BCUT2D eigenvalue weighted by atomic mass is 10.1. The maximum Gasteiger partial charge on any atom is 0.253 e. The van der Waals surface area contributed by atoms with E-state index in [1.165, 1.54) is 18.9 Å². The number of rotatable bonds is 3. The third-order valence-corrected chi connectivity index (χ3v) is 3.25. The third kappa shape index (κ3) is 2.14. The number of pyridine rings is 1. The van der Waals surface area contributed by atoms with Crippen molar-refractivity contribution in [3.63, 3.8) is 0 Å². The predicted octanol–water partition coefficient (Wildman–Crippen LogP) is 1.67. The van der Waals surface area contributed by atoms with E-state index >= 15 is 0 Å². The van der Waals surface area contributed by atoms with E-state index in [1.807, 2.05) is 12.1 Å². The number of carbonyl (C=O) groups is 1. The number of hydrogen-bond acceptors (Lipinski definition) is 2. The second-order valence-corrected chi connectivity index (χ2v) is 4.75. The van der Waals surface area contributed by atoms with Gasteiger partial charge in [0, 0.05) is 12.6 Å². The number of aromatic nitrogens is 1. The molecule has 1 aromatic heterocycles. The zero-order valence-corrected chi connectivity index (χ0v) is 9.90. The van der Waals surface area contributed by atoms with Crippen molar-refractivity contribution in [2.24, 2.45) is 5.92 Å². The summed E-state index contributed by atoms with van der Waals surface area (Å²) in [7, 11) is 0. The Balaban J connectivity index is 1.96. The van der Waals surface area contributed by atoms with E-state index in [0.717, 1.165) is 11.9 Å². The van der Waals surface area contributed by atoms with Crippen LogP contribution in [0.4, 0.5) is 0 Å². The molecule has 0 atom stereocenters. The summed E-state index contributed by atoms with van der Waals surface area (Å²) in [6, 6.07) is 8.64. The molecule has 1 heterocycles. The Morgan fingerprint density at radius 3 is 2.89 bits per heavy atom. The van der Waals surface area contributed by atoms with Crippen LogP contribution in [0.25, 0.3) is 10.9 Å². The maximum atomic E-state index is 12.1. The molecule has 4 heteroatoms. The number of hydrogen-bond donors (Lipinski definition) is 2. The first-order valence-corrected chi connectivity index (χ1v) is 6.14. The number of aromatic amines is 1. The highest BCUT2D eigenvalue weighted by Crippen LogP contribution is 2.27. The Morgan fingerprint density at radius 2 is 2.11 bits per heavy atom. The normalized spacial score (nSPS) is 14.7. The van der Waals surface area contributed by atoms with Gasteiger partial charge >= 0.3 is 0 Å². The minimum Gasteiger partial charge on any atom is -0.352 e. The van der Waals surface area contributed by atoms with Crippen molar-refractivity contribution in [1.82, 2.24) is 10.3 Å². The molecule has 4 nitrogen and oxygen atoms in total. The van der Waals surface area contributed by atoms with Crippen LogP contribution >= 0.6 is 0 Å². The van der Waals surface area contributed by atoms with Gasteiger partial charge in [-0.15, -0.1) is 0 Å². The molecule has 1 amide bonds. The van der Waals surface area contributed by atoms with Crippen molar-refractivity contribution in [2.45, 2.75) is 12.8 Å². The summed E-state index contributed by atoms with van der Waals surface area (Å²) in [5.41, 5.74) is 0.953. The fourth-order valence-electron chi connectivity index (χ4n) is 2.02. The Labute approximate surface area is 104 Å². The van der Waals surface area contributed by atoms with E-state index in [2.05, 4.69) is 10.3 Å². The van der Waals surface area contributed by atoms with E-state index in [-0.39, 0.29) is 11.5 Å². The number of amides is 1. The first kappa shape index (κ1) is 11.0. The number of H-pyrrole nitrogens is 1. The molecule has 0 saturated heterocycles. The summed E-state index contributed by atoms with van der Waals surface area (Å²) in [6.45, 7) is 0.728. The van der Waals surface area contributed by atoms with Crippen LogP contribution in [0.2, 0.25) is 0 Å². The topological polar surface area (TPSA) is 62.0 Å². The first-order chi connectivity index (χ1) is 8.74. The fourth-order valence-corrected chi connectivity index (χ4v) is 2.02. The molecule has 2 N–H and O–H groups in total. The van der Waals surface area contributed by atoms with Crippen molar-refractivity contribution < 1.29 is 4.79 Å². The van der Waals surface area contributed by atoms with Gasteiger partial charge in [-0.1, -0.05) is 12.1 Å². The largest absolute Gasteiger partial charge is 0.352 e. The maximum absolute atomic E-state index is 12.1. The average Bonchev–Trinajstić information content (AvgIpc) is 3.19. The lowest BCUT2D eigenvalue weighted by Gasteiger charge is -2.07. The molecule has 1 saturated carbocycles. The van der Waals surface area contributed by atoms with Crippen LogP contribution < -0.4 is 10.9 Å². The van der Waals surface area contributed by atoms with E-state index in [9.17, 15) is 9.59 Å². The first-order valence-electron chi connectivity index (χ1n) is 6.14. The van der Waals surface area contributed by atoms with Gasteiger partial charge in [-0.2, -0.15) is 0 Å². The van der Waals surface area contributed by atoms with Crippen molar-refractivity contribution in [2.75, 3.05) is 6.54 Å². The molecule has 18 heavy (non-hydrogen) atoms. The lowest BCUT2D eigenvalue weighted by molar-refractivity contribution is 0.0953. The van der Waals surface area contributed by atoms with Gasteiger partial charge in [-0.25, -0.2) is 0 Å². The summed E-state index contributed by atoms with van der Waals surface area (Å²) in [4.78, 5) is 26.1. The van der Waals surface area contributed by atoms with Gasteiger partial charge < -0.3 is 10.3 Å². The minimum atomic E-state index is -0.190. The van der Waals surface area contributed by atoms with Gasteiger partial charge in [-0.3, -0.25) is 9.59 Å². The summed E-state index contributed by atoms with van der Waals surface area (Å²) >= 11 is 0. The Morgan fingerprint density at radius 1 is 1.28 bits per heavy atom. The van der Waals surface area contributed by atoms with Gasteiger partial charge in [0.2, 0.25) is 5.56 Å². The highest BCUT2D eigenvalue weighted by atomic mass is 16.1. The number of benzene rings is 1. The van der Waals surface area contributed by atoms with Crippen molar-refractivity contribution >= 4 is 16.8 Å². The summed E-state index contributed by atoms with van der Waals surface area (Å²) in [5.74, 6) is 0.525. The molecule has 0 unspecified atom stereocenters.